The highest BCUT2D eigenvalue weighted by molar-refractivity contribution is 5.83. The van der Waals surface area contributed by atoms with Gasteiger partial charge in [0.1, 0.15) is 0 Å². The topological polar surface area (TPSA) is 32.3 Å². The summed E-state index contributed by atoms with van der Waals surface area (Å²) in [6.45, 7) is 11.6. The van der Waals surface area contributed by atoms with Crippen LogP contribution in [0.4, 0.5) is 0 Å². The highest BCUT2D eigenvalue weighted by Gasteiger charge is 2.58. The third-order valence-electron chi connectivity index (χ3n) is 4.24. The summed E-state index contributed by atoms with van der Waals surface area (Å²) < 4.78 is 0. The molecular formula is C14H24N2O. The third kappa shape index (κ3) is 2.54. The first kappa shape index (κ1) is 12.6. The minimum Gasteiger partial charge on any atom is -0.339 e. The van der Waals surface area contributed by atoms with Crippen molar-refractivity contribution in [1.82, 2.24) is 10.2 Å². The average molecular weight is 236 g/mol. The maximum Gasteiger partial charge on any atom is 0.226 e. The lowest BCUT2D eigenvalue weighted by molar-refractivity contribution is -0.133. The highest BCUT2D eigenvalue weighted by atomic mass is 16.2. The van der Waals surface area contributed by atoms with E-state index in [9.17, 15) is 4.79 Å². The number of carbonyl (C=O) groups is 1. The Morgan fingerprint density at radius 3 is 2.65 bits per heavy atom. The number of piperidine rings is 1. The van der Waals surface area contributed by atoms with Gasteiger partial charge >= 0.3 is 0 Å². The number of hydrogen-bond donors (Lipinski definition) is 1. The van der Waals surface area contributed by atoms with E-state index in [0.29, 0.717) is 17.2 Å². The maximum atomic E-state index is 12.4. The van der Waals surface area contributed by atoms with E-state index in [1.165, 1.54) is 12.8 Å². The van der Waals surface area contributed by atoms with Gasteiger partial charge in [-0.15, -0.1) is 0 Å². The van der Waals surface area contributed by atoms with E-state index in [2.05, 4.69) is 18.8 Å². The van der Waals surface area contributed by atoms with Gasteiger partial charge in [-0.3, -0.25) is 4.79 Å². The number of carbonyl (C=O) groups excluding carboxylic acids is 1. The van der Waals surface area contributed by atoms with Gasteiger partial charge in [-0.25, -0.2) is 0 Å². The second kappa shape index (κ2) is 4.81. The van der Waals surface area contributed by atoms with Crippen LogP contribution in [-0.4, -0.2) is 37.0 Å². The molecule has 1 saturated heterocycles. The van der Waals surface area contributed by atoms with Gasteiger partial charge in [0.25, 0.3) is 0 Å². The molecule has 2 fully saturated rings. The third-order valence-corrected chi connectivity index (χ3v) is 4.24. The van der Waals surface area contributed by atoms with Crippen molar-refractivity contribution in [2.75, 3.05) is 26.2 Å². The molecule has 2 aliphatic rings. The van der Waals surface area contributed by atoms with Gasteiger partial charge in [0.15, 0.2) is 0 Å². The first-order chi connectivity index (χ1) is 8.09. The summed E-state index contributed by atoms with van der Waals surface area (Å²) in [7, 11) is 0. The molecule has 1 N–H and O–H groups in total. The summed E-state index contributed by atoms with van der Waals surface area (Å²) in [6.07, 6.45) is 3.46. The molecule has 1 aliphatic carbocycles. The Labute approximate surface area is 104 Å². The number of amides is 1. The minimum atomic E-state index is 0.295. The molecule has 1 saturated carbocycles. The summed E-state index contributed by atoms with van der Waals surface area (Å²) in [4.78, 5) is 14.4. The van der Waals surface area contributed by atoms with Gasteiger partial charge in [0.2, 0.25) is 5.91 Å². The zero-order valence-corrected chi connectivity index (χ0v) is 11.1. The lowest BCUT2D eigenvalue weighted by atomic mass is 9.91. The second-order valence-electron chi connectivity index (χ2n) is 5.68. The van der Waals surface area contributed by atoms with Gasteiger partial charge in [0.05, 0.1) is 0 Å². The number of rotatable bonds is 4. The van der Waals surface area contributed by atoms with Crippen LogP contribution in [0.2, 0.25) is 0 Å². The lowest BCUT2D eigenvalue weighted by Crippen LogP contribution is -2.37. The van der Waals surface area contributed by atoms with Crippen molar-refractivity contribution in [2.24, 2.45) is 11.3 Å². The fourth-order valence-corrected chi connectivity index (χ4v) is 3.07. The summed E-state index contributed by atoms with van der Waals surface area (Å²) in [5.74, 6) is 0.654. The van der Waals surface area contributed by atoms with Crippen LogP contribution in [0.1, 0.15) is 33.1 Å². The second-order valence-corrected chi connectivity index (χ2v) is 5.68. The number of likely N-dealkylation sites (N-methyl/N-ethyl adjacent to an activating group) is 1. The van der Waals surface area contributed by atoms with Gasteiger partial charge in [-0.05, 0) is 51.6 Å². The molecule has 2 rings (SSSR count). The Hall–Kier alpha value is -0.830. The molecule has 1 heterocycles. The van der Waals surface area contributed by atoms with Crippen molar-refractivity contribution >= 4 is 5.91 Å². The van der Waals surface area contributed by atoms with Crippen LogP contribution in [0.3, 0.4) is 0 Å². The van der Waals surface area contributed by atoms with Crippen LogP contribution in [0.5, 0.6) is 0 Å². The summed E-state index contributed by atoms with van der Waals surface area (Å²) in [5.41, 5.74) is 1.42. The van der Waals surface area contributed by atoms with E-state index in [4.69, 9.17) is 0 Å². The fraction of sp³-hybridized carbons (Fsp3) is 0.786. The van der Waals surface area contributed by atoms with E-state index in [1.54, 1.807) is 0 Å². The standard InChI is InChI=1S/C14H24N2O/c1-4-16(10-11(2)3)13(17)12-9-14(12)5-7-15-8-6-14/h12,15H,2,4-10H2,1,3H3. The molecule has 1 amide bonds. The first-order valence-electron chi connectivity index (χ1n) is 6.73. The maximum absolute atomic E-state index is 12.4. The van der Waals surface area contributed by atoms with Crippen LogP contribution < -0.4 is 5.32 Å². The van der Waals surface area contributed by atoms with E-state index in [-0.39, 0.29) is 0 Å². The Kier molecular flexibility index (Phi) is 3.57. The van der Waals surface area contributed by atoms with E-state index < -0.39 is 0 Å². The molecule has 1 spiro atoms. The van der Waals surface area contributed by atoms with E-state index in [1.807, 2.05) is 11.8 Å². The molecule has 0 aromatic carbocycles. The predicted molar refractivity (Wildman–Crippen MR) is 69.7 cm³/mol. The Morgan fingerprint density at radius 2 is 2.12 bits per heavy atom. The average Bonchev–Trinajstić information content (AvgIpc) is 2.99. The van der Waals surface area contributed by atoms with Crippen molar-refractivity contribution in [1.29, 1.82) is 0 Å². The molecule has 96 valence electrons. The van der Waals surface area contributed by atoms with Crippen molar-refractivity contribution < 1.29 is 4.79 Å². The van der Waals surface area contributed by atoms with Gasteiger partial charge in [0, 0.05) is 19.0 Å². The molecule has 0 radical (unpaired) electrons. The monoisotopic (exact) mass is 236 g/mol. The Bertz CT molecular complexity index is 318. The molecule has 0 aromatic heterocycles. The molecule has 0 aromatic rings. The van der Waals surface area contributed by atoms with Crippen LogP contribution in [0, 0.1) is 11.3 Å². The molecule has 3 heteroatoms. The highest BCUT2D eigenvalue weighted by Crippen LogP contribution is 2.59. The van der Waals surface area contributed by atoms with Gasteiger partial charge in [-0.2, -0.15) is 0 Å². The first-order valence-corrected chi connectivity index (χ1v) is 6.73. The van der Waals surface area contributed by atoms with Crippen LogP contribution in [0.15, 0.2) is 12.2 Å². The van der Waals surface area contributed by atoms with Crippen molar-refractivity contribution in [3.05, 3.63) is 12.2 Å². The SMILES string of the molecule is C=C(C)CN(CC)C(=O)C1CC12CCNCC2. The van der Waals surface area contributed by atoms with Crippen LogP contribution in [0.25, 0.3) is 0 Å². The summed E-state index contributed by atoms with van der Waals surface area (Å²) >= 11 is 0. The van der Waals surface area contributed by atoms with Crippen molar-refractivity contribution in [3.8, 4) is 0 Å². The van der Waals surface area contributed by atoms with E-state index in [0.717, 1.165) is 38.2 Å². The Balaban J connectivity index is 1.94. The quantitative estimate of drug-likeness (QED) is 0.755. The zero-order chi connectivity index (χ0) is 12.5. The number of hydrogen-bond acceptors (Lipinski definition) is 2. The Morgan fingerprint density at radius 1 is 1.47 bits per heavy atom. The van der Waals surface area contributed by atoms with Gasteiger partial charge in [-0.1, -0.05) is 12.2 Å². The van der Waals surface area contributed by atoms with Crippen molar-refractivity contribution in [3.63, 3.8) is 0 Å². The molecular weight excluding hydrogens is 212 g/mol. The molecule has 17 heavy (non-hydrogen) atoms. The number of nitrogens with one attached hydrogen (secondary N) is 1. The smallest absolute Gasteiger partial charge is 0.226 e. The minimum absolute atomic E-state index is 0.295. The molecule has 1 atom stereocenters. The van der Waals surface area contributed by atoms with Crippen LogP contribution in [-0.2, 0) is 4.79 Å². The fourth-order valence-electron chi connectivity index (χ4n) is 3.07. The summed E-state index contributed by atoms with van der Waals surface area (Å²) in [5, 5.41) is 3.38. The molecule has 1 aliphatic heterocycles. The zero-order valence-electron chi connectivity index (χ0n) is 11.1. The number of nitrogens with zero attached hydrogens (tertiary/aromatic N) is 1. The molecule has 1 unspecified atom stereocenters. The summed E-state index contributed by atoms with van der Waals surface area (Å²) in [6, 6.07) is 0. The van der Waals surface area contributed by atoms with Gasteiger partial charge < -0.3 is 10.2 Å². The van der Waals surface area contributed by atoms with E-state index >= 15 is 0 Å². The largest absolute Gasteiger partial charge is 0.339 e. The predicted octanol–water partition coefficient (Wildman–Crippen LogP) is 1.80. The molecule has 3 nitrogen and oxygen atoms in total. The van der Waals surface area contributed by atoms with Crippen molar-refractivity contribution in [2.45, 2.75) is 33.1 Å². The normalized spacial score (nSPS) is 25.6. The molecule has 0 bridgehead atoms. The lowest BCUT2D eigenvalue weighted by Gasteiger charge is -2.26. The van der Waals surface area contributed by atoms with Crippen LogP contribution >= 0.6 is 0 Å².